The minimum absolute atomic E-state index is 0.271. The van der Waals surface area contributed by atoms with Gasteiger partial charge in [-0.3, -0.25) is 0 Å². The van der Waals surface area contributed by atoms with Crippen LogP contribution in [0.15, 0.2) is 29.1 Å². The molecule has 0 bridgehead atoms. The average Bonchev–Trinajstić information content (AvgIpc) is 3.08. The molecule has 1 aliphatic heterocycles. The van der Waals surface area contributed by atoms with E-state index < -0.39 is 11.7 Å². The van der Waals surface area contributed by atoms with Gasteiger partial charge in [-0.05, 0) is 18.7 Å². The number of alkyl halides is 3. The van der Waals surface area contributed by atoms with Gasteiger partial charge >= 0.3 is 6.18 Å². The van der Waals surface area contributed by atoms with Crippen LogP contribution >= 0.6 is 11.3 Å². The number of piperazine rings is 1. The minimum Gasteiger partial charge on any atom is -0.368 e. The van der Waals surface area contributed by atoms with Crippen LogP contribution < -0.4 is 4.90 Å². The van der Waals surface area contributed by atoms with Gasteiger partial charge in [0.25, 0.3) is 0 Å². The molecule has 0 unspecified atom stereocenters. The standard InChI is InChI=1S/C16H18F3N3S/c1-2-21-5-7-22(8-6-21)15-4-3-12(14-10-23-11-20-14)9-13(15)16(17,18)19/h3-4,9-11H,2,5-8H2,1H3. The van der Waals surface area contributed by atoms with Crippen molar-refractivity contribution in [2.24, 2.45) is 0 Å². The molecule has 0 N–H and O–H groups in total. The molecular formula is C16H18F3N3S. The highest BCUT2D eigenvalue weighted by Gasteiger charge is 2.36. The molecule has 0 aliphatic carbocycles. The van der Waals surface area contributed by atoms with Crippen molar-refractivity contribution in [3.63, 3.8) is 0 Å². The molecule has 124 valence electrons. The Morgan fingerprint density at radius 3 is 2.48 bits per heavy atom. The zero-order chi connectivity index (χ0) is 16.4. The number of hydrogen-bond donors (Lipinski definition) is 0. The Kier molecular flexibility index (Phi) is 4.59. The van der Waals surface area contributed by atoms with Crippen LogP contribution in [0.2, 0.25) is 0 Å². The predicted molar refractivity (Wildman–Crippen MR) is 86.9 cm³/mol. The number of likely N-dealkylation sites (N-methyl/N-ethyl adjacent to an activating group) is 1. The van der Waals surface area contributed by atoms with Crippen molar-refractivity contribution >= 4 is 17.0 Å². The Bertz CT molecular complexity index is 647. The van der Waals surface area contributed by atoms with Gasteiger partial charge in [0.1, 0.15) is 0 Å². The van der Waals surface area contributed by atoms with Crippen LogP contribution in [0.25, 0.3) is 11.3 Å². The molecule has 7 heteroatoms. The van der Waals surface area contributed by atoms with Crippen molar-refractivity contribution in [2.75, 3.05) is 37.6 Å². The van der Waals surface area contributed by atoms with Crippen LogP contribution in [0.5, 0.6) is 0 Å². The lowest BCUT2D eigenvalue weighted by Gasteiger charge is -2.36. The zero-order valence-corrected chi connectivity index (χ0v) is 13.6. The Balaban J connectivity index is 1.94. The molecule has 3 rings (SSSR count). The van der Waals surface area contributed by atoms with Crippen LogP contribution in [-0.2, 0) is 6.18 Å². The first kappa shape index (κ1) is 16.3. The van der Waals surface area contributed by atoms with E-state index in [2.05, 4.69) is 16.8 Å². The SMILES string of the molecule is CCN1CCN(c2ccc(-c3cscn3)cc2C(F)(F)F)CC1. The maximum Gasteiger partial charge on any atom is 0.418 e. The molecule has 23 heavy (non-hydrogen) atoms. The number of anilines is 1. The zero-order valence-electron chi connectivity index (χ0n) is 12.8. The van der Waals surface area contributed by atoms with Crippen molar-refractivity contribution in [2.45, 2.75) is 13.1 Å². The third-order valence-corrected chi connectivity index (χ3v) is 4.78. The molecule has 2 aromatic rings. The fourth-order valence-corrected chi connectivity index (χ4v) is 3.42. The minimum atomic E-state index is -4.37. The van der Waals surface area contributed by atoms with E-state index in [1.165, 1.54) is 17.4 Å². The molecular weight excluding hydrogens is 323 g/mol. The summed E-state index contributed by atoms with van der Waals surface area (Å²) in [5, 5.41) is 1.76. The number of hydrogen-bond acceptors (Lipinski definition) is 4. The van der Waals surface area contributed by atoms with Gasteiger partial charge < -0.3 is 9.80 Å². The molecule has 0 amide bonds. The van der Waals surface area contributed by atoms with E-state index in [1.54, 1.807) is 23.0 Å². The highest BCUT2D eigenvalue weighted by molar-refractivity contribution is 7.07. The number of benzene rings is 1. The second-order valence-corrected chi connectivity index (χ2v) is 6.24. The van der Waals surface area contributed by atoms with Crippen LogP contribution in [0.4, 0.5) is 18.9 Å². The van der Waals surface area contributed by atoms with Crippen molar-refractivity contribution in [1.29, 1.82) is 0 Å². The van der Waals surface area contributed by atoms with E-state index >= 15 is 0 Å². The number of thiazole rings is 1. The molecule has 1 aromatic heterocycles. The Morgan fingerprint density at radius 1 is 1.17 bits per heavy atom. The molecule has 1 aliphatic rings. The van der Waals surface area contributed by atoms with E-state index in [-0.39, 0.29) is 5.69 Å². The quantitative estimate of drug-likeness (QED) is 0.842. The number of halogens is 3. The third-order valence-electron chi connectivity index (χ3n) is 4.19. The first-order valence-electron chi connectivity index (χ1n) is 7.56. The first-order valence-corrected chi connectivity index (χ1v) is 8.50. The largest absolute Gasteiger partial charge is 0.418 e. The third kappa shape index (κ3) is 3.50. The fraction of sp³-hybridized carbons (Fsp3) is 0.438. The van der Waals surface area contributed by atoms with Crippen LogP contribution in [0, 0.1) is 0 Å². The van der Waals surface area contributed by atoms with E-state index in [0.29, 0.717) is 24.3 Å². The summed E-state index contributed by atoms with van der Waals surface area (Å²) in [6.45, 7) is 5.82. The maximum absolute atomic E-state index is 13.5. The van der Waals surface area contributed by atoms with E-state index in [0.717, 1.165) is 19.6 Å². The fourth-order valence-electron chi connectivity index (χ4n) is 2.86. The molecule has 1 fully saturated rings. The molecule has 0 spiro atoms. The van der Waals surface area contributed by atoms with Gasteiger partial charge in [-0.2, -0.15) is 13.2 Å². The lowest BCUT2D eigenvalue weighted by molar-refractivity contribution is -0.137. The van der Waals surface area contributed by atoms with Gasteiger partial charge in [0, 0.05) is 42.8 Å². The van der Waals surface area contributed by atoms with Gasteiger partial charge in [0.05, 0.1) is 16.8 Å². The Hall–Kier alpha value is -1.60. The smallest absolute Gasteiger partial charge is 0.368 e. The summed E-state index contributed by atoms with van der Waals surface area (Å²) in [4.78, 5) is 8.18. The Morgan fingerprint density at radius 2 is 1.91 bits per heavy atom. The number of nitrogens with zero attached hydrogens (tertiary/aromatic N) is 3. The number of aromatic nitrogens is 1. The molecule has 2 heterocycles. The van der Waals surface area contributed by atoms with Crippen molar-refractivity contribution in [3.8, 4) is 11.3 Å². The van der Waals surface area contributed by atoms with Crippen LogP contribution in [0.3, 0.4) is 0 Å². The van der Waals surface area contributed by atoms with Crippen LogP contribution in [-0.4, -0.2) is 42.6 Å². The summed E-state index contributed by atoms with van der Waals surface area (Å²) < 4.78 is 40.5. The predicted octanol–water partition coefficient (Wildman–Crippen LogP) is 3.97. The van der Waals surface area contributed by atoms with E-state index in [4.69, 9.17) is 0 Å². The second-order valence-electron chi connectivity index (χ2n) is 5.52. The molecule has 1 aromatic carbocycles. The topological polar surface area (TPSA) is 19.4 Å². The monoisotopic (exact) mass is 341 g/mol. The summed E-state index contributed by atoms with van der Waals surface area (Å²) in [6, 6.07) is 4.53. The highest BCUT2D eigenvalue weighted by atomic mass is 32.1. The highest BCUT2D eigenvalue weighted by Crippen LogP contribution is 2.39. The van der Waals surface area contributed by atoms with Crippen molar-refractivity contribution in [3.05, 3.63) is 34.7 Å². The van der Waals surface area contributed by atoms with Crippen LogP contribution in [0.1, 0.15) is 12.5 Å². The summed E-state index contributed by atoms with van der Waals surface area (Å²) >= 11 is 1.37. The van der Waals surface area contributed by atoms with Gasteiger partial charge in [0.15, 0.2) is 0 Å². The molecule has 3 nitrogen and oxygen atoms in total. The second kappa shape index (κ2) is 6.49. The van der Waals surface area contributed by atoms with Gasteiger partial charge in [-0.25, -0.2) is 4.98 Å². The Labute approximate surface area is 137 Å². The van der Waals surface area contributed by atoms with Crippen molar-refractivity contribution < 1.29 is 13.2 Å². The number of rotatable bonds is 3. The summed E-state index contributed by atoms with van der Waals surface area (Å²) in [6.07, 6.45) is -4.37. The van der Waals surface area contributed by atoms with Gasteiger partial charge in [-0.1, -0.05) is 13.0 Å². The van der Waals surface area contributed by atoms with Crippen molar-refractivity contribution in [1.82, 2.24) is 9.88 Å². The molecule has 1 saturated heterocycles. The lowest BCUT2D eigenvalue weighted by atomic mass is 10.0. The van der Waals surface area contributed by atoms with E-state index in [1.807, 2.05) is 4.90 Å². The summed E-state index contributed by atoms with van der Waals surface area (Å²) in [5.41, 5.74) is 2.41. The van der Waals surface area contributed by atoms with Gasteiger partial charge in [-0.15, -0.1) is 11.3 Å². The molecule has 0 atom stereocenters. The molecule has 0 saturated carbocycles. The van der Waals surface area contributed by atoms with Gasteiger partial charge in [0.2, 0.25) is 0 Å². The normalized spacial score (nSPS) is 16.8. The lowest BCUT2D eigenvalue weighted by Crippen LogP contribution is -2.46. The first-order chi connectivity index (χ1) is 11.0. The average molecular weight is 341 g/mol. The maximum atomic E-state index is 13.5. The van der Waals surface area contributed by atoms with E-state index in [9.17, 15) is 13.2 Å². The summed E-state index contributed by atoms with van der Waals surface area (Å²) in [5.74, 6) is 0. The summed E-state index contributed by atoms with van der Waals surface area (Å²) in [7, 11) is 0. The molecule has 0 radical (unpaired) electrons.